The van der Waals surface area contributed by atoms with Crippen molar-refractivity contribution in [2.75, 3.05) is 5.73 Å². The van der Waals surface area contributed by atoms with E-state index in [4.69, 9.17) is 11.0 Å². The van der Waals surface area contributed by atoms with Crippen LogP contribution in [0.3, 0.4) is 0 Å². The van der Waals surface area contributed by atoms with Gasteiger partial charge in [0.05, 0.1) is 11.6 Å². The second kappa shape index (κ2) is 4.33. The Labute approximate surface area is 116 Å². The van der Waals surface area contributed by atoms with Crippen LogP contribution in [0.25, 0.3) is 16.9 Å². The van der Waals surface area contributed by atoms with Crippen molar-refractivity contribution in [3.8, 4) is 17.3 Å². The lowest BCUT2D eigenvalue weighted by Gasteiger charge is -2.07. The van der Waals surface area contributed by atoms with Gasteiger partial charge in [-0.1, -0.05) is 12.1 Å². The van der Waals surface area contributed by atoms with Crippen molar-refractivity contribution in [2.45, 2.75) is 0 Å². The minimum atomic E-state index is 0.306. The third-order valence-electron chi connectivity index (χ3n) is 2.68. The van der Waals surface area contributed by atoms with Crippen LogP contribution in [0.1, 0.15) is 5.56 Å². The monoisotopic (exact) mass is 314 g/mol. The third kappa shape index (κ3) is 1.82. The second-order valence-corrected chi connectivity index (χ2v) is 4.57. The number of aromatic nitrogens is 4. The van der Waals surface area contributed by atoms with Gasteiger partial charge in [0, 0.05) is 5.56 Å². The summed E-state index contributed by atoms with van der Waals surface area (Å²) >= 11 is 3.44. The fourth-order valence-electron chi connectivity index (χ4n) is 1.76. The Morgan fingerprint density at radius 1 is 1.26 bits per heavy atom. The molecular formula is C12H7BrN6. The van der Waals surface area contributed by atoms with Crippen molar-refractivity contribution >= 4 is 27.4 Å². The predicted molar refractivity (Wildman–Crippen MR) is 73.0 cm³/mol. The van der Waals surface area contributed by atoms with Crippen LogP contribution in [-0.2, 0) is 0 Å². The fraction of sp³-hybridized carbons (Fsp3) is 0. The minimum absolute atomic E-state index is 0.306. The molecule has 19 heavy (non-hydrogen) atoms. The Hall–Kier alpha value is -2.46. The zero-order valence-corrected chi connectivity index (χ0v) is 11.2. The summed E-state index contributed by atoms with van der Waals surface area (Å²) in [6.07, 6.45) is 1.42. The number of benzene rings is 1. The topological polar surface area (TPSA) is 92.9 Å². The van der Waals surface area contributed by atoms with Gasteiger partial charge in [-0.15, -0.1) is 0 Å². The van der Waals surface area contributed by atoms with Crippen molar-refractivity contribution < 1.29 is 0 Å². The molecule has 0 saturated heterocycles. The van der Waals surface area contributed by atoms with Crippen LogP contribution in [0.15, 0.2) is 35.2 Å². The maximum atomic E-state index is 8.79. The summed E-state index contributed by atoms with van der Waals surface area (Å²) in [6.45, 7) is 0. The van der Waals surface area contributed by atoms with E-state index in [1.807, 2.05) is 12.1 Å². The van der Waals surface area contributed by atoms with E-state index in [-0.39, 0.29) is 0 Å². The molecule has 2 N–H and O–H groups in total. The number of nitrogen functional groups attached to an aromatic ring is 1. The maximum absolute atomic E-state index is 8.79. The molecule has 0 atom stereocenters. The van der Waals surface area contributed by atoms with E-state index < -0.39 is 0 Å². The molecule has 7 heteroatoms. The van der Waals surface area contributed by atoms with E-state index in [0.717, 1.165) is 5.56 Å². The van der Waals surface area contributed by atoms with Gasteiger partial charge in [0.25, 0.3) is 0 Å². The number of hydrogen-bond donors (Lipinski definition) is 1. The first-order valence-electron chi connectivity index (χ1n) is 5.36. The largest absolute Gasteiger partial charge is 0.381 e. The lowest BCUT2D eigenvalue weighted by molar-refractivity contribution is 0.925. The van der Waals surface area contributed by atoms with Gasteiger partial charge in [0.15, 0.2) is 11.5 Å². The van der Waals surface area contributed by atoms with Gasteiger partial charge >= 0.3 is 0 Å². The Bertz CT molecular complexity index is 799. The van der Waals surface area contributed by atoms with E-state index in [9.17, 15) is 0 Å². The van der Waals surface area contributed by atoms with Crippen LogP contribution in [0, 0.1) is 11.3 Å². The second-order valence-electron chi connectivity index (χ2n) is 3.82. The van der Waals surface area contributed by atoms with Crippen LogP contribution in [0.4, 0.5) is 5.82 Å². The smallest absolute Gasteiger partial charge is 0.199 e. The first-order valence-corrected chi connectivity index (χ1v) is 6.15. The average molecular weight is 315 g/mol. The van der Waals surface area contributed by atoms with Gasteiger partial charge in [-0.25, -0.2) is 14.5 Å². The molecule has 92 valence electrons. The summed E-state index contributed by atoms with van der Waals surface area (Å²) in [5.41, 5.74) is 8.45. The number of anilines is 1. The standard InChI is InChI=1S/C12H7BrN6/c13-10-9(8-3-1-7(5-14)2-4-8)18-11(15)12-16-6-17-19(10)12/h1-4,6H,(H2,15,18). The van der Waals surface area contributed by atoms with Gasteiger partial charge in [-0.3, -0.25) is 0 Å². The van der Waals surface area contributed by atoms with Crippen molar-refractivity contribution in [3.05, 3.63) is 40.8 Å². The molecule has 0 aliphatic carbocycles. The Morgan fingerprint density at radius 2 is 2.00 bits per heavy atom. The van der Waals surface area contributed by atoms with Crippen LogP contribution in [0.2, 0.25) is 0 Å². The Morgan fingerprint density at radius 3 is 2.68 bits per heavy atom. The highest BCUT2D eigenvalue weighted by Crippen LogP contribution is 2.28. The molecule has 3 aromatic rings. The number of halogens is 1. The highest BCUT2D eigenvalue weighted by atomic mass is 79.9. The molecule has 0 aliphatic heterocycles. The van der Waals surface area contributed by atoms with Gasteiger partial charge in [-0.2, -0.15) is 10.4 Å². The summed E-state index contributed by atoms with van der Waals surface area (Å²) in [5.74, 6) is 0.306. The van der Waals surface area contributed by atoms with E-state index in [1.54, 1.807) is 16.6 Å². The van der Waals surface area contributed by atoms with Gasteiger partial charge in [0.1, 0.15) is 16.6 Å². The number of nitriles is 1. The van der Waals surface area contributed by atoms with Crippen molar-refractivity contribution in [1.29, 1.82) is 5.26 Å². The molecule has 1 aromatic carbocycles. The number of nitrogens with two attached hydrogens (primary N) is 1. The summed E-state index contributed by atoms with van der Waals surface area (Å²) in [7, 11) is 0. The Balaban J connectivity index is 2.24. The summed E-state index contributed by atoms with van der Waals surface area (Å²) in [5, 5.41) is 12.9. The molecule has 0 fully saturated rings. The molecule has 3 rings (SSSR count). The molecule has 0 spiro atoms. The van der Waals surface area contributed by atoms with Crippen LogP contribution in [0.5, 0.6) is 0 Å². The van der Waals surface area contributed by atoms with Crippen molar-refractivity contribution in [1.82, 2.24) is 19.6 Å². The lowest BCUT2D eigenvalue weighted by atomic mass is 10.1. The molecule has 2 heterocycles. The Kier molecular flexibility index (Phi) is 2.65. The van der Waals surface area contributed by atoms with Crippen LogP contribution < -0.4 is 5.73 Å². The normalized spacial score (nSPS) is 10.5. The number of rotatable bonds is 1. The SMILES string of the molecule is N#Cc1ccc(-c2nc(N)c3ncnn3c2Br)cc1. The summed E-state index contributed by atoms with van der Waals surface area (Å²) < 4.78 is 2.24. The zero-order chi connectivity index (χ0) is 13.4. The molecule has 0 radical (unpaired) electrons. The number of fused-ring (bicyclic) bond motifs is 1. The van der Waals surface area contributed by atoms with Gasteiger partial charge in [-0.05, 0) is 28.1 Å². The minimum Gasteiger partial charge on any atom is -0.381 e. The van der Waals surface area contributed by atoms with Gasteiger partial charge < -0.3 is 5.73 Å². The zero-order valence-electron chi connectivity index (χ0n) is 9.58. The predicted octanol–water partition coefficient (Wildman–Crippen LogP) is 2.01. The third-order valence-corrected chi connectivity index (χ3v) is 3.39. The van der Waals surface area contributed by atoms with E-state index in [0.29, 0.717) is 27.3 Å². The van der Waals surface area contributed by atoms with E-state index >= 15 is 0 Å². The summed E-state index contributed by atoms with van der Waals surface area (Å²) in [4.78, 5) is 8.36. The highest BCUT2D eigenvalue weighted by molar-refractivity contribution is 9.10. The van der Waals surface area contributed by atoms with Crippen LogP contribution in [-0.4, -0.2) is 19.6 Å². The van der Waals surface area contributed by atoms with Crippen molar-refractivity contribution in [2.24, 2.45) is 0 Å². The number of hydrogen-bond acceptors (Lipinski definition) is 5. The first kappa shape index (κ1) is 11.6. The van der Waals surface area contributed by atoms with Crippen molar-refractivity contribution in [3.63, 3.8) is 0 Å². The van der Waals surface area contributed by atoms with Crippen LogP contribution >= 0.6 is 15.9 Å². The van der Waals surface area contributed by atoms with Gasteiger partial charge in [0.2, 0.25) is 0 Å². The van der Waals surface area contributed by atoms with E-state index in [2.05, 4.69) is 37.1 Å². The average Bonchev–Trinajstić information content (AvgIpc) is 2.93. The molecular weight excluding hydrogens is 308 g/mol. The molecule has 0 aliphatic rings. The molecule has 0 amide bonds. The molecule has 0 saturated carbocycles. The fourth-order valence-corrected chi connectivity index (χ4v) is 2.34. The molecule has 6 nitrogen and oxygen atoms in total. The first-order chi connectivity index (χ1) is 9.20. The van der Waals surface area contributed by atoms with E-state index in [1.165, 1.54) is 6.33 Å². The maximum Gasteiger partial charge on any atom is 0.199 e. The lowest BCUT2D eigenvalue weighted by Crippen LogP contribution is -2.02. The number of nitrogens with zero attached hydrogens (tertiary/aromatic N) is 5. The molecule has 0 bridgehead atoms. The molecule has 0 unspecified atom stereocenters. The summed E-state index contributed by atoms with van der Waals surface area (Å²) in [6, 6.07) is 9.15. The quantitative estimate of drug-likeness (QED) is 0.741. The molecule has 2 aromatic heterocycles. The highest BCUT2D eigenvalue weighted by Gasteiger charge is 2.13.